The highest BCUT2D eigenvalue weighted by Gasteiger charge is 2.36. The Bertz CT molecular complexity index is 335. The molecule has 2 heterocycles. The summed E-state index contributed by atoms with van der Waals surface area (Å²) in [5.74, 6) is 1.11. The molecule has 4 heteroatoms. The lowest BCUT2D eigenvalue weighted by molar-refractivity contribution is 0.273. The normalized spacial score (nSPS) is 27.3. The number of likely N-dealkylation sites (N-methyl/N-ethyl adjacent to an activating group) is 1. The molecule has 1 N–H and O–H groups in total. The molecule has 4 nitrogen and oxygen atoms in total. The number of hydrogen-bond donors (Lipinski definition) is 1. The first-order valence-corrected chi connectivity index (χ1v) is 8.30. The van der Waals surface area contributed by atoms with E-state index in [0.29, 0.717) is 11.5 Å². The number of rotatable bonds is 4. The van der Waals surface area contributed by atoms with Crippen molar-refractivity contribution in [3.05, 3.63) is 0 Å². The Balaban J connectivity index is 1.87. The van der Waals surface area contributed by atoms with Crippen LogP contribution >= 0.6 is 0 Å². The van der Waals surface area contributed by atoms with Crippen molar-refractivity contribution < 1.29 is 0 Å². The highest BCUT2D eigenvalue weighted by molar-refractivity contribution is 5.80. The Labute approximate surface area is 124 Å². The van der Waals surface area contributed by atoms with Crippen LogP contribution in [0.3, 0.4) is 0 Å². The Kier molecular flexibility index (Phi) is 5.30. The van der Waals surface area contributed by atoms with Gasteiger partial charge in [0.15, 0.2) is 5.96 Å². The van der Waals surface area contributed by atoms with E-state index in [2.05, 4.69) is 41.0 Å². The first-order chi connectivity index (χ1) is 9.64. The minimum Gasteiger partial charge on any atom is -0.355 e. The van der Waals surface area contributed by atoms with Crippen LogP contribution in [-0.2, 0) is 0 Å². The van der Waals surface area contributed by atoms with Gasteiger partial charge in [-0.3, -0.25) is 4.99 Å². The first-order valence-electron chi connectivity index (χ1n) is 8.30. The molecule has 0 amide bonds. The quantitative estimate of drug-likeness (QED) is 0.632. The summed E-state index contributed by atoms with van der Waals surface area (Å²) in [7, 11) is 4.15. The van der Waals surface area contributed by atoms with Crippen molar-refractivity contribution >= 4 is 5.96 Å². The van der Waals surface area contributed by atoms with E-state index in [-0.39, 0.29) is 0 Å². The molecule has 0 aromatic carbocycles. The fourth-order valence-corrected chi connectivity index (χ4v) is 3.72. The van der Waals surface area contributed by atoms with Crippen molar-refractivity contribution in [2.24, 2.45) is 10.4 Å². The average Bonchev–Trinajstić information content (AvgIpc) is 3.07. The standard InChI is InChI=1S/C16H32N4/c1-5-16(6-2)9-11-20(13-16)15(17-3)18-12-14-8-7-10-19(14)4/h14H,5-13H2,1-4H3,(H,17,18). The Morgan fingerprint density at radius 2 is 2.05 bits per heavy atom. The third-order valence-corrected chi connectivity index (χ3v) is 5.62. The summed E-state index contributed by atoms with van der Waals surface area (Å²) in [6.07, 6.45) is 6.52. The second-order valence-electron chi connectivity index (χ2n) is 6.58. The zero-order valence-electron chi connectivity index (χ0n) is 13.8. The highest BCUT2D eigenvalue weighted by Crippen LogP contribution is 2.36. The van der Waals surface area contributed by atoms with Crippen molar-refractivity contribution in [1.82, 2.24) is 15.1 Å². The Morgan fingerprint density at radius 3 is 2.55 bits per heavy atom. The van der Waals surface area contributed by atoms with Crippen LogP contribution < -0.4 is 5.32 Å². The van der Waals surface area contributed by atoms with Gasteiger partial charge in [0.05, 0.1) is 0 Å². The molecule has 0 radical (unpaired) electrons. The summed E-state index contributed by atoms with van der Waals surface area (Å²) in [5.41, 5.74) is 0.516. The fourth-order valence-electron chi connectivity index (χ4n) is 3.72. The van der Waals surface area contributed by atoms with E-state index in [1.165, 1.54) is 45.2 Å². The maximum absolute atomic E-state index is 4.50. The van der Waals surface area contributed by atoms with Gasteiger partial charge in [-0.2, -0.15) is 0 Å². The van der Waals surface area contributed by atoms with Crippen molar-refractivity contribution in [3.63, 3.8) is 0 Å². The number of hydrogen-bond acceptors (Lipinski definition) is 2. The minimum absolute atomic E-state index is 0.516. The van der Waals surface area contributed by atoms with Crippen LogP contribution in [0.1, 0.15) is 46.0 Å². The number of guanidine groups is 1. The van der Waals surface area contributed by atoms with E-state index in [1.54, 1.807) is 0 Å². The number of aliphatic imine (C=N–C) groups is 1. The van der Waals surface area contributed by atoms with Gasteiger partial charge in [0, 0.05) is 32.7 Å². The van der Waals surface area contributed by atoms with E-state index in [4.69, 9.17) is 0 Å². The topological polar surface area (TPSA) is 30.9 Å². The van der Waals surface area contributed by atoms with E-state index in [0.717, 1.165) is 19.0 Å². The Hall–Kier alpha value is -0.770. The Morgan fingerprint density at radius 1 is 1.30 bits per heavy atom. The molecule has 0 spiro atoms. The van der Waals surface area contributed by atoms with Crippen LogP contribution in [0.5, 0.6) is 0 Å². The summed E-state index contributed by atoms with van der Waals surface area (Å²) in [5, 5.41) is 3.60. The highest BCUT2D eigenvalue weighted by atomic mass is 15.3. The lowest BCUT2D eigenvalue weighted by Crippen LogP contribution is -2.45. The molecule has 0 aromatic rings. The summed E-state index contributed by atoms with van der Waals surface area (Å²) in [4.78, 5) is 9.43. The molecular formula is C16H32N4. The predicted molar refractivity (Wildman–Crippen MR) is 86.2 cm³/mol. The average molecular weight is 280 g/mol. The first kappa shape index (κ1) is 15.6. The van der Waals surface area contributed by atoms with Crippen LogP contribution in [0.2, 0.25) is 0 Å². The van der Waals surface area contributed by atoms with E-state index >= 15 is 0 Å². The van der Waals surface area contributed by atoms with Crippen LogP contribution in [0.25, 0.3) is 0 Å². The molecule has 2 rings (SSSR count). The maximum atomic E-state index is 4.50. The molecule has 0 saturated carbocycles. The third kappa shape index (κ3) is 3.27. The second-order valence-corrected chi connectivity index (χ2v) is 6.58. The zero-order chi connectivity index (χ0) is 14.6. The predicted octanol–water partition coefficient (Wildman–Crippen LogP) is 2.17. The molecule has 20 heavy (non-hydrogen) atoms. The molecule has 116 valence electrons. The number of nitrogens with one attached hydrogen (secondary N) is 1. The van der Waals surface area contributed by atoms with E-state index in [1.807, 2.05) is 7.05 Å². The fraction of sp³-hybridized carbons (Fsp3) is 0.938. The van der Waals surface area contributed by atoms with Crippen LogP contribution in [0.4, 0.5) is 0 Å². The largest absolute Gasteiger partial charge is 0.355 e. The van der Waals surface area contributed by atoms with Crippen molar-refractivity contribution in [1.29, 1.82) is 0 Å². The molecule has 0 aliphatic carbocycles. The van der Waals surface area contributed by atoms with Gasteiger partial charge < -0.3 is 15.1 Å². The zero-order valence-corrected chi connectivity index (χ0v) is 13.8. The van der Waals surface area contributed by atoms with Crippen LogP contribution in [-0.4, -0.2) is 62.1 Å². The van der Waals surface area contributed by atoms with Gasteiger partial charge in [-0.05, 0) is 51.1 Å². The molecule has 2 aliphatic rings. The molecule has 1 atom stereocenters. The monoisotopic (exact) mass is 280 g/mol. The van der Waals surface area contributed by atoms with Gasteiger partial charge in [-0.1, -0.05) is 13.8 Å². The summed E-state index contributed by atoms with van der Waals surface area (Å²) < 4.78 is 0. The van der Waals surface area contributed by atoms with Crippen LogP contribution in [0.15, 0.2) is 4.99 Å². The number of likely N-dealkylation sites (tertiary alicyclic amines) is 2. The minimum atomic E-state index is 0.516. The van der Waals surface area contributed by atoms with Crippen molar-refractivity contribution in [2.45, 2.75) is 52.0 Å². The second kappa shape index (κ2) is 6.79. The molecule has 0 bridgehead atoms. The van der Waals surface area contributed by atoms with E-state index < -0.39 is 0 Å². The lowest BCUT2D eigenvalue weighted by atomic mass is 9.82. The summed E-state index contributed by atoms with van der Waals surface area (Å²) >= 11 is 0. The van der Waals surface area contributed by atoms with Gasteiger partial charge >= 0.3 is 0 Å². The lowest BCUT2D eigenvalue weighted by Gasteiger charge is -2.29. The van der Waals surface area contributed by atoms with Gasteiger partial charge in [0.2, 0.25) is 0 Å². The van der Waals surface area contributed by atoms with E-state index in [9.17, 15) is 0 Å². The number of nitrogens with zero attached hydrogens (tertiary/aromatic N) is 3. The summed E-state index contributed by atoms with van der Waals surface area (Å²) in [6, 6.07) is 0.677. The molecule has 2 aliphatic heterocycles. The van der Waals surface area contributed by atoms with Crippen LogP contribution in [0, 0.1) is 5.41 Å². The molecule has 0 aromatic heterocycles. The third-order valence-electron chi connectivity index (χ3n) is 5.62. The maximum Gasteiger partial charge on any atom is 0.193 e. The smallest absolute Gasteiger partial charge is 0.193 e. The van der Waals surface area contributed by atoms with Gasteiger partial charge in [-0.15, -0.1) is 0 Å². The molecule has 1 unspecified atom stereocenters. The van der Waals surface area contributed by atoms with Gasteiger partial charge in [-0.25, -0.2) is 0 Å². The van der Waals surface area contributed by atoms with Gasteiger partial charge in [0.1, 0.15) is 0 Å². The molecule has 2 fully saturated rings. The summed E-state index contributed by atoms with van der Waals surface area (Å²) in [6.45, 7) is 9.25. The van der Waals surface area contributed by atoms with Gasteiger partial charge in [0.25, 0.3) is 0 Å². The molecular weight excluding hydrogens is 248 g/mol. The molecule has 2 saturated heterocycles. The van der Waals surface area contributed by atoms with Crippen molar-refractivity contribution in [2.75, 3.05) is 40.3 Å². The van der Waals surface area contributed by atoms with Crippen molar-refractivity contribution in [3.8, 4) is 0 Å². The SMILES string of the molecule is CCC1(CC)CCN(C(=NC)NCC2CCCN2C)C1.